The van der Waals surface area contributed by atoms with Crippen LogP contribution in [0.25, 0.3) is 0 Å². The molecule has 0 unspecified atom stereocenters. The summed E-state index contributed by atoms with van der Waals surface area (Å²) in [5.74, 6) is -0.232. The van der Waals surface area contributed by atoms with E-state index in [0.717, 1.165) is 32.1 Å². The molecule has 0 saturated heterocycles. The summed E-state index contributed by atoms with van der Waals surface area (Å²) in [6.45, 7) is 2.22. The fraction of sp³-hybridized carbons (Fsp3) is 0.591. The maximum atomic E-state index is 11.2. The highest BCUT2D eigenvalue weighted by Crippen LogP contribution is 2.02. The first-order valence-corrected chi connectivity index (χ1v) is 9.67. The van der Waals surface area contributed by atoms with E-state index in [1.165, 1.54) is 25.7 Å². The van der Waals surface area contributed by atoms with E-state index in [4.69, 9.17) is 9.84 Å². The highest BCUT2D eigenvalue weighted by Gasteiger charge is 1.99. The lowest BCUT2D eigenvalue weighted by Gasteiger charge is -2.00. The summed E-state index contributed by atoms with van der Waals surface area (Å²) in [6.07, 6.45) is 27.7. The minimum Gasteiger partial charge on any atom is -0.463 e. The van der Waals surface area contributed by atoms with Crippen LogP contribution in [0, 0.1) is 0 Å². The molecule has 1 N–H and O–H groups in total. The summed E-state index contributed by atoms with van der Waals surface area (Å²) in [4.78, 5) is 11.2. The summed E-state index contributed by atoms with van der Waals surface area (Å²) < 4.78 is 4.79. The molecule has 0 saturated carbocycles. The van der Waals surface area contributed by atoms with E-state index >= 15 is 0 Å². The summed E-state index contributed by atoms with van der Waals surface area (Å²) in [5.41, 5.74) is 0. The third kappa shape index (κ3) is 20.3. The zero-order valence-electron chi connectivity index (χ0n) is 15.9. The second-order valence-corrected chi connectivity index (χ2v) is 5.92. The molecule has 0 aliphatic heterocycles. The molecule has 0 aromatic carbocycles. The largest absolute Gasteiger partial charge is 0.463 e. The Morgan fingerprint density at radius 1 is 0.800 bits per heavy atom. The first-order chi connectivity index (χ1) is 12.3. The van der Waals surface area contributed by atoms with Crippen LogP contribution in [0.15, 0.2) is 48.6 Å². The zero-order chi connectivity index (χ0) is 18.4. The van der Waals surface area contributed by atoms with Crippen molar-refractivity contribution < 1.29 is 14.6 Å². The van der Waals surface area contributed by atoms with Crippen molar-refractivity contribution >= 4 is 5.97 Å². The minimum atomic E-state index is -0.232. The van der Waals surface area contributed by atoms with Gasteiger partial charge in [0.25, 0.3) is 0 Å². The minimum absolute atomic E-state index is 0.100. The van der Waals surface area contributed by atoms with Crippen LogP contribution in [0.4, 0.5) is 0 Å². The number of hydrogen-bond acceptors (Lipinski definition) is 3. The molecule has 142 valence electrons. The molecule has 0 aliphatic rings. The van der Waals surface area contributed by atoms with Gasteiger partial charge in [0, 0.05) is 6.42 Å². The maximum Gasteiger partial charge on any atom is 0.305 e. The standard InChI is InChI=1S/C22H36O3/c1-2-3-4-5-6-7-8-9-10-11-12-13-14-15-16-17-18-19-22(24)25-21-20-23/h6-7,9-10,12-13,15-16,23H,2-5,8,11,14,17-21H2,1H3. The molecule has 3 heteroatoms. The Labute approximate surface area is 154 Å². The van der Waals surface area contributed by atoms with E-state index in [2.05, 4.69) is 55.5 Å². The third-order valence-corrected chi connectivity index (χ3v) is 3.56. The average molecular weight is 349 g/mol. The Balaban J connectivity index is 3.44. The summed E-state index contributed by atoms with van der Waals surface area (Å²) >= 11 is 0. The smallest absolute Gasteiger partial charge is 0.305 e. The van der Waals surface area contributed by atoms with Gasteiger partial charge in [-0.1, -0.05) is 68.4 Å². The summed E-state index contributed by atoms with van der Waals surface area (Å²) in [7, 11) is 0. The highest BCUT2D eigenvalue weighted by molar-refractivity contribution is 5.69. The number of aliphatic hydroxyl groups excluding tert-OH is 1. The highest BCUT2D eigenvalue weighted by atomic mass is 16.5. The number of hydrogen-bond donors (Lipinski definition) is 1. The SMILES string of the molecule is CCCCCC=CCC=CCC=CCC=CCCCC(=O)OCCO. The molecular formula is C22H36O3. The first-order valence-electron chi connectivity index (χ1n) is 9.67. The van der Waals surface area contributed by atoms with Gasteiger partial charge in [0.05, 0.1) is 6.61 Å². The number of rotatable bonds is 16. The van der Waals surface area contributed by atoms with Gasteiger partial charge in [0.2, 0.25) is 0 Å². The summed E-state index contributed by atoms with van der Waals surface area (Å²) in [6, 6.07) is 0. The Hall–Kier alpha value is -1.61. The molecule has 0 aliphatic carbocycles. The third-order valence-electron chi connectivity index (χ3n) is 3.56. The van der Waals surface area contributed by atoms with Gasteiger partial charge in [0.1, 0.15) is 6.61 Å². The molecule has 25 heavy (non-hydrogen) atoms. The van der Waals surface area contributed by atoms with E-state index in [9.17, 15) is 4.79 Å². The van der Waals surface area contributed by atoms with Gasteiger partial charge in [-0.15, -0.1) is 0 Å². The Morgan fingerprint density at radius 3 is 1.84 bits per heavy atom. The van der Waals surface area contributed by atoms with Gasteiger partial charge in [0.15, 0.2) is 0 Å². The second-order valence-electron chi connectivity index (χ2n) is 5.92. The van der Waals surface area contributed by atoms with Crippen LogP contribution < -0.4 is 0 Å². The van der Waals surface area contributed by atoms with Gasteiger partial charge in [-0.2, -0.15) is 0 Å². The van der Waals surface area contributed by atoms with Crippen LogP contribution in [0.1, 0.15) is 71.1 Å². The van der Waals surface area contributed by atoms with Crippen LogP contribution in [-0.2, 0) is 9.53 Å². The van der Waals surface area contributed by atoms with Gasteiger partial charge in [-0.3, -0.25) is 4.79 Å². The fourth-order valence-electron chi connectivity index (χ4n) is 2.16. The topological polar surface area (TPSA) is 46.5 Å². The van der Waals surface area contributed by atoms with Crippen molar-refractivity contribution in [1.82, 2.24) is 0 Å². The zero-order valence-corrected chi connectivity index (χ0v) is 15.9. The normalized spacial score (nSPS) is 12.2. The van der Waals surface area contributed by atoms with Crippen LogP contribution in [0.3, 0.4) is 0 Å². The van der Waals surface area contributed by atoms with Crippen molar-refractivity contribution in [3.05, 3.63) is 48.6 Å². The molecule has 0 aromatic rings. The van der Waals surface area contributed by atoms with Crippen molar-refractivity contribution in [3.8, 4) is 0 Å². The number of aliphatic hydroxyl groups is 1. The van der Waals surface area contributed by atoms with Crippen molar-refractivity contribution in [3.63, 3.8) is 0 Å². The quantitative estimate of drug-likeness (QED) is 0.222. The van der Waals surface area contributed by atoms with Gasteiger partial charge in [-0.05, 0) is 44.9 Å². The number of carbonyl (C=O) groups excluding carboxylic acids is 1. The van der Waals surface area contributed by atoms with Gasteiger partial charge in [-0.25, -0.2) is 0 Å². The second kappa shape index (κ2) is 20.4. The molecule has 0 atom stereocenters. The molecule has 0 heterocycles. The predicted octanol–water partition coefficient (Wildman–Crippen LogP) is 5.67. The Morgan fingerprint density at radius 2 is 1.32 bits per heavy atom. The molecule has 0 fully saturated rings. The molecule has 0 bridgehead atoms. The lowest BCUT2D eigenvalue weighted by atomic mass is 10.2. The van der Waals surface area contributed by atoms with E-state index in [0.29, 0.717) is 6.42 Å². The maximum absolute atomic E-state index is 11.2. The average Bonchev–Trinajstić information content (AvgIpc) is 2.62. The van der Waals surface area contributed by atoms with Gasteiger partial charge < -0.3 is 9.84 Å². The lowest BCUT2D eigenvalue weighted by molar-refractivity contribution is -0.144. The molecular weight excluding hydrogens is 312 g/mol. The molecule has 0 rings (SSSR count). The van der Waals surface area contributed by atoms with E-state index in [-0.39, 0.29) is 19.2 Å². The number of esters is 1. The van der Waals surface area contributed by atoms with Crippen molar-refractivity contribution in [2.24, 2.45) is 0 Å². The van der Waals surface area contributed by atoms with Crippen LogP contribution in [0.5, 0.6) is 0 Å². The fourth-order valence-corrected chi connectivity index (χ4v) is 2.16. The molecule has 3 nitrogen and oxygen atoms in total. The molecule has 0 aromatic heterocycles. The Kier molecular flexibility index (Phi) is 19.1. The van der Waals surface area contributed by atoms with Crippen molar-refractivity contribution in [1.29, 1.82) is 0 Å². The number of carbonyl (C=O) groups is 1. The number of unbranched alkanes of at least 4 members (excludes halogenated alkanes) is 4. The Bertz CT molecular complexity index is 405. The summed E-state index contributed by atoms with van der Waals surface area (Å²) in [5, 5.41) is 8.53. The predicted molar refractivity (Wildman–Crippen MR) is 106 cm³/mol. The monoisotopic (exact) mass is 348 g/mol. The lowest BCUT2D eigenvalue weighted by Crippen LogP contribution is -2.07. The van der Waals surface area contributed by atoms with Crippen LogP contribution in [-0.4, -0.2) is 24.3 Å². The first kappa shape index (κ1) is 23.4. The number of allylic oxidation sites excluding steroid dienone is 8. The molecule has 0 radical (unpaired) electrons. The molecule has 0 amide bonds. The van der Waals surface area contributed by atoms with Gasteiger partial charge >= 0.3 is 5.97 Å². The van der Waals surface area contributed by atoms with E-state index in [1.54, 1.807) is 0 Å². The van der Waals surface area contributed by atoms with Crippen molar-refractivity contribution in [2.45, 2.75) is 71.1 Å². The van der Waals surface area contributed by atoms with Crippen LogP contribution >= 0.6 is 0 Å². The van der Waals surface area contributed by atoms with Crippen molar-refractivity contribution in [2.75, 3.05) is 13.2 Å². The van der Waals surface area contributed by atoms with Crippen LogP contribution in [0.2, 0.25) is 0 Å². The molecule has 0 spiro atoms. The van der Waals surface area contributed by atoms with E-state index < -0.39 is 0 Å². The number of ether oxygens (including phenoxy) is 1. The van der Waals surface area contributed by atoms with E-state index in [1.807, 2.05) is 0 Å².